The van der Waals surface area contributed by atoms with E-state index in [0.717, 1.165) is 10.9 Å². The lowest BCUT2D eigenvalue weighted by Crippen LogP contribution is -2.11. The smallest absolute Gasteiger partial charge is 0.305 e. The summed E-state index contributed by atoms with van der Waals surface area (Å²) in [6, 6.07) is 7.65. The maximum atomic E-state index is 10.6. The third-order valence-electron chi connectivity index (χ3n) is 2.39. The highest BCUT2D eigenvalue weighted by molar-refractivity contribution is 5.78. The van der Waals surface area contributed by atoms with Gasteiger partial charge in [0.05, 0.1) is 24.2 Å². The third kappa shape index (κ3) is 1.83. The molecule has 1 aromatic carbocycles. The van der Waals surface area contributed by atoms with Crippen LogP contribution in [-0.2, 0) is 4.79 Å². The minimum Gasteiger partial charge on any atom is -0.481 e. The summed E-state index contributed by atoms with van der Waals surface area (Å²) >= 11 is 0. The van der Waals surface area contributed by atoms with Crippen LogP contribution in [-0.4, -0.2) is 20.9 Å². The molecule has 0 bridgehead atoms. The highest BCUT2D eigenvalue weighted by Gasteiger charge is 2.12. The molecule has 1 heterocycles. The fourth-order valence-electron chi connectivity index (χ4n) is 1.68. The molecule has 0 saturated heterocycles. The van der Waals surface area contributed by atoms with Crippen molar-refractivity contribution in [2.75, 3.05) is 0 Å². The minimum atomic E-state index is -0.804. The van der Waals surface area contributed by atoms with Crippen molar-refractivity contribution in [3.63, 3.8) is 0 Å². The predicted octanol–water partition coefficient (Wildman–Crippen LogP) is 2.07. The zero-order chi connectivity index (χ0) is 10.8. The molecule has 0 radical (unpaired) electrons. The van der Waals surface area contributed by atoms with Crippen molar-refractivity contribution in [3.8, 4) is 0 Å². The van der Waals surface area contributed by atoms with Gasteiger partial charge in [-0.2, -0.15) is 5.10 Å². The fraction of sp³-hybridized carbons (Fsp3) is 0.273. The van der Waals surface area contributed by atoms with Gasteiger partial charge in [-0.3, -0.25) is 9.48 Å². The van der Waals surface area contributed by atoms with Crippen molar-refractivity contribution in [1.29, 1.82) is 0 Å². The Kier molecular flexibility index (Phi) is 2.41. The Morgan fingerprint density at radius 3 is 3.00 bits per heavy atom. The van der Waals surface area contributed by atoms with Gasteiger partial charge < -0.3 is 5.11 Å². The fourth-order valence-corrected chi connectivity index (χ4v) is 1.68. The Morgan fingerprint density at radius 2 is 2.27 bits per heavy atom. The molecule has 4 heteroatoms. The Hall–Kier alpha value is -1.84. The lowest BCUT2D eigenvalue weighted by molar-refractivity contribution is -0.137. The van der Waals surface area contributed by atoms with E-state index in [4.69, 9.17) is 5.11 Å². The van der Waals surface area contributed by atoms with Gasteiger partial charge in [0.15, 0.2) is 0 Å². The number of para-hydroxylation sites is 1. The van der Waals surface area contributed by atoms with E-state index in [1.54, 1.807) is 10.9 Å². The Bertz CT molecular complexity index is 490. The number of fused-ring (bicyclic) bond motifs is 1. The van der Waals surface area contributed by atoms with Gasteiger partial charge in [-0.05, 0) is 13.0 Å². The number of aliphatic carboxylic acids is 1. The minimum absolute atomic E-state index is 0.0890. The monoisotopic (exact) mass is 204 g/mol. The zero-order valence-corrected chi connectivity index (χ0v) is 8.42. The highest BCUT2D eigenvalue weighted by atomic mass is 16.4. The van der Waals surface area contributed by atoms with Gasteiger partial charge in [0.1, 0.15) is 0 Å². The van der Waals surface area contributed by atoms with Crippen LogP contribution in [0.15, 0.2) is 30.5 Å². The quantitative estimate of drug-likeness (QED) is 0.832. The molecule has 0 aliphatic carbocycles. The molecule has 1 aromatic heterocycles. The van der Waals surface area contributed by atoms with Crippen molar-refractivity contribution in [2.24, 2.45) is 0 Å². The molecule has 15 heavy (non-hydrogen) atoms. The van der Waals surface area contributed by atoms with Crippen LogP contribution in [0.2, 0.25) is 0 Å². The van der Waals surface area contributed by atoms with E-state index in [0.29, 0.717) is 0 Å². The van der Waals surface area contributed by atoms with Gasteiger partial charge in [0.2, 0.25) is 0 Å². The maximum Gasteiger partial charge on any atom is 0.305 e. The van der Waals surface area contributed by atoms with E-state index in [1.807, 2.05) is 31.2 Å². The van der Waals surface area contributed by atoms with Crippen LogP contribution >= 0.6 is 0 Å². The van der Waals surface area contributed by atoms with Crippen molar-refractivity contribution in [3.05, 3.63) is 30.5 Å². The molecule has 0 fully saturated rings. The molecule has 0 aliphatic heterocycles. The van der Waals surface area contributed by atoms with E-state index in [2.05, 4.69) is 5.10 Å². The van der Waals surface area contributed by atoms with Gasteiger partial charge >= 0.3 is 5.97 Å². The molecular weight excluding hydrogens is 192 g/mol. The molecule has 0 amide bonds. The average Bonchev–Trinajstić information content (AvgIpc) is 2.59. The van der Waals surface area contributed by atoms with E-state index in [1.165, 1.54) is 0 Å². The van der Waals surface area contributed by atoms with Crippen LogP contribution < -0.4 is 0 Å². The molecule has 4 nitrogen and oxygen atoms in total. The maximum absolute atomic E-state index is 10.6. The van der Waals surface area contributed by atoms with Crippen molar-refractivity contribution >= 4 is 16.9 Å². The van der Waals surface area contributed by atoms with E-state index in [9.17, 15) is 4.79 Å². The number of carbonyl (C=O) groups is 1. The second-order valence-corrected chi connectivity index (χ2v) is 3.59. The molecule has 2 aromatic rings. The van der Waals surface area contributed by atoms with Crippen LogP contribution in [0.1, 0.15) is 19.4 Å². The van der Waals surface area contributed by atoms with Crippen molar-refractivity contribution in [2.45, 2.75) is 19.4 Å². The van der Waals surface area contributed by atoms with Crippen LogP contribution in [0.4, 0.5) is 0 Å². The molecule has 1 N–H and O–H groups in total. The summed E-state index contributed by atoms with van der Waals surface area (Å²) in [6.07, 6.45) is 1.85. The molecule has 0 spiro atoms. The topological polar surface area (TPSA) is 55.1 Å². The number of nitrogens with zero attached hydrogens (tertiary/aromatic N) is 2. The summed E-state index contributed by atoms with van der Waals surface area (Å²) < 4.78 is 1.75. The standard InChI is InChI=1S/C11H12N2O2/c1-8(6-11(14)15)13-10-5-3-2-4-9(10)7-12-13/h2-5,7-8H,6H2,1H3,(H,14,15). The number of aromatic nitrogens is 2. The first-order chi connectivity index (χ1) is 7.18. The molecule has 1 atom stereocenters. The van der Waals surface area contributed by atoms with Gasteiger partial charge in [0.25, 0.3) is 0 Å². The van der Waals surface area contributed by atoms with Crippen LogP contribution in [0.25, 0.3) is 10.9 Å². The van der Waals surface area contributed by atoms with E-state index >= 15 is 0 Å². The van der Waals surface area contributed by atoms with Gasteiger partial charge in [-0.15, -0.1) is 0 Å². The average molecular weight is 204 g/mol. The van der Waals surface area contributed by atoms with Crippen LogP contribution in [0, 0.1) is 0 Å². The van der Waals surface area contributed by atoms with Crippen molar-refractivity contribution in [1.82, 2.24) is 9.78 Å². The van der Waals surface area contributed by atoms with Gasteiger partial charge in [-0.25, -0.2) is 0 Å². The summed E-state index contributed by atoms with van der Waals surface area (Å²) in [6.45, 7) is 1.85. The SMILES string of the molecule is CC(CC(=O)O)n1ncc2ccccc21. The Morgan fingerprint density at radius 1 is 1.53 bits per heavy atom. The van der Waals surface area contributed by atoms with Crippen LogP contribution in [0.3, 0.4) is 0 Å². The molecule has 0 saturated carbocycles. The second kappa shape index (κ2) is 3.73. The summed E-state index contributed by atoms with van der Waals surface area (Å²) in [5, 5.41) is 14.0. The molecular formula is C11H12N2O2. The van der Waals surface area contributed by atoms with Gasteiger partial charge in [-0.1, -0.05) is 18.2 Å². The normalized spacial score (nSPS) is 12.9. The third-order valence-corrected chi connectivity index (χ3v) is 2.39. The number of hydrogen-bond donors (Lipinski definition) is 1. The molecule has 1 unspecified atom stereocenters. The van der Waals surface area contributed by atoms with Crippen LogP contribution in [0.5, 0.6) is 0 Å². The summed E-state index contributed by atoms with van der Waals surface area (Å²) in [4.78, 5) is 10.6. The number of rotatable bonds is 3. The Balaban J connectivity index is 2.39. The largest absolute Gasteiger partial charge is 0.481 e. The van der Waals surface area contributed by atoms with E-state index < -0.39 is 5.97 Å². The molecule has 2 rings (SSSR count). The summed E-state index contributed by atoms with van der Waals surface area (Å²) in [5.74, 6) is -0.804. The lowest BCUT2D eigenvalue weighted by atomic mass is 10.2. The predicted molar refractivity (Wildman–Crippen MR) is 56.7 cm³/mol. The molecule has 0 aliphatic rings. The van der Waals surface area contributed by atoms with Crippen molar-refractivity contribution < 1.29 is 9.90 Å². The number of carboxylic acid groups (broad SMARTS) is 1. The number of benzene rings is 1. The zero-order valence-electron chi connectivity index (χ0n) is 8.42. The second-order valence-electron chi connectivity index (χ2n) is 3.59. The summed E-state index contributed by atoms with van der Waals surface area (Å²) in [7, 11) is 0. The lowest BCUT2D eigenvalue weighted by Gasteiger charge is -2.10. The first kappa shape index (κ1) is 9.71. The van der Waals surface area contributed by atoms with E-state index in [-0.39, 0.29) is 12.5 Å². The summed E-state index contributed by atoms with van der Waals surface area (Å²) in [5.41, 5.74) is 0.978. The van der Waals surface area contributed by atoms with Gasteiger partial charge in [0, 0.05) is 5.39 Å². The number of carboxylic acids is 1. The number of hydrogen-bond acceptors (Lipinski definition) is 2. The highest BCUT2D eigenvalue weighted by Crippen LogP contribution is 2.19. The molecule has 78 valence electrons. The Labute approximate surface area is 87.1 Å². The first-order valence-corrected chi connectivity index (χ1v) is 4.82. The first-order valence-electron chi connectivity index (χ1n) is 4.82.